The first-order valence-corrected chi connectivity index (χ1v) is 6.86. The van der Waals surface area contributed by atoms with E-state index in [2.05, 4.69) is 0 Å². The lowest BCUT2D eigenvalue weighted by molar-refractivity contribution is -0.140. The Morgan fingerprint density at radius 3 is 2.50 bits per heavy atom. The number of benzene rings is 1. The smallest absolute Gasteiger partial charge is 0.326 e. The number of carbonyl (C=O) groups is 2. The molecular weight excluding hydrogens is 320 g/mol. The van der Waals surface area contributed by atoms with Crippen LogP contribution in [0.5, 0.6) is 5.75 Å². The highest BCUT2D eigenvalue weighted by molar-refractivity contribution is 6.31. The second kappa shape index (κ2) is 7.93. The van der Waals surface area contributed by atoms with E-state index in [1.165, 1.54) is 18.2 Å². The monoisotopic (exact) mass is 335 g/mol. The second-order valence-corrected chi connectivity index (χ2v) is 5.23. The highest BCUT2D eigenvalue weighted by Gasteiger charge is 2.26. The van der Waals surface area contributed by atoms with Crippen LogP contribution in [0.1, 0.15) is 30.6 Å². The van der Waals surface area contributed by atoms with Crippen molar-refractivity contribution < 1.29 is 28.2 Å². The Balaban J connectivity index is 3.00. The maximum Gasteiger partial charge on any atom is 0.326 e. The summed E-state index contributed by atoms with van der Waals surface area (Å²) in [5, 5.41) is 11.2. The van der Waals surface area contributed by atoms with Gasteiger partial charge in [-0.05, 0) is 32.0 Å². The molecule has 0 aliphatic rings. The number of alkyl halides is 2. The lowest BCUT2D eigenvalue weighted by Crippen LogP contribution is -2.42. The molecule has 1 unspecified atom stereocenters. The zero-order chi connectivity index (χ0) is 16.9. The fourth-order valence-electron chi connectivity index (χ4n) is 1.67. The van der Waals surface area contributed by atoms with Gasteiger partial charge in [-0.25, -0.2) is 13.6 Å². The molecule has 1 aromatic carbocycles. The lowest BCUT2D eigenvalue weighted by Gasteiger charge is -2.17. The number of halogens is 3. The van der Waals surface area contributed by atoms with Crippen molar-refractivity contribution in [1.82, 2.24) is 5.32 Å². The maximum atomic E-state index is 12.4. The first-order valence-electron chi connectivity index (χ1n) is 6.48. The minimum atomic E-state index is -2.85. The van der Waals surface area contributed by atoms with E-state index in [9.17, 15) is 18.4 Å². The number of carboxylic acids is 1. The van der Waals surface area contributed by atoms with Gasteiger partial charge in [0, 0.05) is 11.4 Å². The molecule has 0 bridgehead atoms. The third-order valence-corrected chi connectivity index (χ3v) is 2.80. The van der Waals surface area contributed by atoms with Crippen molar-refractivity contribution in [1.29, 1.82) is 0 Å². The standard InChI is InChI=1S/C14H16ClF2NO4/c1-7(2)22-11-4-3-8(15)5-9(11)13(19)18-10(14(20)21)6-12(16)17/h3-5,7,10,12H,6H2,1-2H3,(H,18,19)(H,20,21). The van der Waals surface area contributed by atoms with Gasteiger partial charge in [0.05, 0.1) is 11.7 Å². The van der Waals surface area contributed by atoms with Gasteiger partial charge in [-0.2, -0.15) is 0 Å². The first-order chi connectivity index (χ1) is 10.2. The number of aliphatic carboxylic acids is 1. The fourth-order valence-corrected chi connectivity index (χ4v) is 1.84. The number of rotatable bonds is 7. The molecule has 1 amide bonds. The van der Waals surface area contributed by atoms with E-state index < -0.39 is 30.8 Å². The van der Waals surface area contributed by atoms with Gasteiger partial charge >= 0.3 is 5.97 Å². The van der Waals surface area contributed by atoms with E-state index in [4.69, 9.17) is 21.4 Å². The highest BCUT2D eigenvalue weighted by Crippen LogP contribution is 2.24. The van der Waals surface area contributed by atoms with Crippen molar-refractivity contribution in [3.05, 3.63) is 28.8 Å². The summed E-state index contributed by atoms with van der Waals surface area (Å²) in [5.74, 6) is -2.19. The Morgan fingerprint density at radius 1 is 1.36 bits per heavy atom. The van der Waals surface area contributed by atoms with Crippen LogP contribution in [0.4, 0.5) is 8.78 Å². The first kappa shape index (κ1) is 18.2. The molecule has 0 aliphatic carbocycles. The van der Waals surface area contributed by atoms with Crippen LogP contribution in [0, 0.1) is 0 Å². The minimum absolute atomic E-state index is 0.0123. The second-order valence-electron chi connectivity index (χ2n) is 4.80. The van der Waals surface area contributed by atoms with E-state index in [-0.39, 0.29) is 22.4 Å². The molecule has 1 atom stereocenters. The summed E-state index contributed by atoms with van der Waals surface area (Å²) in [4.78, 5) is 23.1. The summed E-state index contributed by atoms with van der Waals surface area (Å²) in [6.45, 7) is 3.49. The summed E-state index contributed by atoms with van der Waals surface area (Å²) in [5.41, 5.74) is -0.0123. The van der Waals surface area contributed by atoms with E-state index in [1.807, 2.05) is 5.32 Å². The van der Waals surface area contributed by atoms with Gasteiger partial charge in [0.25, 0.3) is 5.91 Å². The summed E-state index contributed by atoms with van der Waals surface area (Å²) >= 11 is 5.81. The molecule has 0 spiro atoms. The zero-order valence-corrected chi connectivity index (χ0v) is 12.7. The molecule has 122 valence electrons. The van der Waals surface area contributed by atoms with Crippen molar-refractivity contribution in [3.8, 4) is 5.75 Å². The van der Waals surface area contributed by atoms with Gasteiger partial charge < -0.3 is 15.2 Å². The van der Waals surface area contributed by atoms with Crippen molar-refractivity contribution in [2.45, 2.75) is 38.8 Å². The quantitative estimate of drug-likeness (QED) is 0.803. The Kier molecular flexibility index (Phi) is 6.55. The fraction of sp³-hybridized carbons (Fsp3) is 0.429. The van der Waals surface area contributed by atoms with Crippen LogP contribution in [-0.4, -0.2) is 35.6 Å². The number of hydrogen-bond acceptors (Lipinski definition) is 3. The van der Waals surface area contributed by atoms with E-state index in [1.54, 1.807) is 13.8 Å². The van der Waals surface area contributed by atoms with Crippen LogP contribution in [0.3, 0.4) is 0 Å². The van der Waals surface area contributed by atoms with Crippen molar-refractivity contribution in [2.24, 2.45) is 0 Å². The van der Waals surface area contributed by atoms with Crippen molar-refractivity contribution >= 4 is 23.5 Å². The predicted octanol–water partition coefficient (Wildman–Crippen LogP) is 2.97. The number of hydrogen-bond donors (Lipinski definition) is 2. The van der Waals surface area contributed by atoms with Crippen LogP contribution in [0.25, 0.3) is 0 Å². The molecule has 0 saturated heterocycles. The Morgan fingerprint density at radius 2 is 2.00 bits per heavy atom. The molecule has 0 radical (unpaired) electrons. The van der Waals surface area contributed by atoms with Gasteiger partial charge in [-0.15, -0.1) is 0 Å². The molecule has 22 heavy (non-hydrogen) atoms. The zero-order valence-electron chi connectivity index (χ0n) is 12.0. The molecular formula is C14H16ClF2NO4. The molecule has 5 nitrogen and oxygen atoms in total. The highest BCUT2D eigenvalue weighted by atomic mass is 35.5. The molecule has 0 saturated carbocycles. The average molecular weight is 336 g/mol. The van der Waals surface area contributed by atoms with Gasteiger partial charge in [-0.1, -0.05) is 11.6 Å². The summed E-state index contributed by atoms with van der Waals surface area (Å²) in [6.07, 6.45) is -4.07. The number of ether oxygens (including phenoxy) is 1. The van der Waals surface area contributed by atoms with Crippen LogP contribution in [0.2, 0.25) is 5.02 Å². The lowest BCUT2D eigenvalue weighted by atomic mass is 10.1. The summed E-state index contributed by atoms with van der Waals surface area (Å²) in [6, 6.07) is 2.55. The molecule has 8 heteroatoms. The Labute approximate surface area is 131 Å². The third kappa shape index (κ3) is 5.48. The van der Waals surface area contributed by atoms with E-state index >= 15 is 0 Å². The molecule has 0 aromatic heterocycles. The van der Waals surface area contributed by atoms with Crippen LogP contribution in [0.15, 0.2) is 18.2 Å². The van der Waals surface area contributed by atoms with Gasteiger partial charge in [0.1, 0.15) is 11.8 Å². The predicted molar refractivity (Wildman–Crippen MR) is 76.7 cm³/mol. The van der Waals surface area contributed by atoms with Gasteiger partial charge in [0.2, 0.25) is 6.43 Å². The number of amides is 1. The molecule has 1 rings (SSSR count). The van der Waals surface area contributed by atoms with E-state index in [0.29, 0.717) is 0 Å². The van der Waals surface area contributed by atoms with Crippen LogP contribution >= 0.6 is 11.6 Å². The Bertz CT molecular complexity index is 552. The minimum Gasteiger partial charge on any atom is -0.490 e. The topological polar surface area (TPSA) is 75.6 Å². The maximum absolute atomic E-state index is 12.4. The molecule has 0 heterocycles. The van der Waals surface area contributed by atoms with Crippen LogP contribution < -0.4 is 10.1 Å². The molecule has 2 N–H and O–H groups in total. The molecule has 1 aromatic rings. The van der Waals surface area contributed by atoms with Crippen molar-refractivity contribution in [3.63, 3.8) is 0 Å². The van der Waals surface area contributed by atoms with Gasteiger partial charge in [0.15, 0.2) is 0 Å². The van der Waals surface area contributed by atoms with E-state index in [0.717, 1.165) is 0 Å². The number of carboxylic acid groups (broad SMARTS) is 1. The average Bonchev–Trinajstić information content (AvgIpc) is 2.38. The largest absolute Gasteiger partial charge is 0.490 e. The number of carbonyl (C=O) groups excluding carboxylic acids is 1. The summed E-state index contributed by atoms with van der Waals surface area (Å²) < 4.78 is 30.1. The van der Waals surface area contributed by atoms with Crippen molar-refractivity contribution in [2.75, 3.05) is 0 Å². The normalized spacial score (nSPS) is 12.3. The number of nitrogens with one attached hydrogen (secondary N) is 1. The van der Waals surface area contributed by atoms with Crippen LogP contribution in [-0.2, 0) is 4.79 Å². The van der Waals surface area contributed by atoms with Gasteiger partial charge in [-0.3, -0.25) is 4.79 Å². The molecule has 0 fully saturated rings. The SMILES string of the molecule is CC(C)Oc1ccc(Cl)cc1C(=O)NC(CC(F)F)C(=O)O. The summed E-state index contributed by atoms with van der Waals surface area (Å²) in [7, 11) is 0. The Hall–Kier alpha value is -1.89. The molecule has 0 aliphatic heterocycles. The third-order valence-electron chi connectivity index (χ3n) is 2.57.